The number of hydrogen-bond donors (Lipinski definition) is 0. The highest BCUT2D eigenvalue weighted by Crippen LogP contribution is 2.19. The normalized spacial score (nSPS) is 10.3. The van der Waals surface area contributed by atoms with E-state index >= 15 is 0 Å². The smallest absolute Gasteiger partial charge is 0.187 e. The molecule has 2 rings (SSSR count). The zero-order valence-corrected chi connectivity index (χ0v) is 11.3. The predicted octanol–water partition coefficient (Wildman–Crippen LogP) is 3.41. The van der Waals surface area contributed by atoms with Gasteiger partial charge in [0, 0.05) is 18.0 Å². The largest absolute Gasteiger partial charge is 0.293 e. The molecule has 0 atom stereocenters. The number of rotatable bonds is 4. The fourth-order valence-corrected chi connectivity index (χ4v) is 2.26. The average molecular weight is 279 g/mol. The van der Waals surface area contributed by atoms with Crippen LogP contribution in [-0.4, -0.2) is 21.5 Å². The van der Waals surface area contributed by atoms with Crippen molar-refractivity contribution >= 4 is 29.1 Å². The number of aromatic nitrogens is 2. The molecule has 1 aromatic heterocycles. The van der Waals surface area contributed by atoms with Crippen LogP contribution in [0.2, 0.25) is 5.02 Å². The van der Waals surface area contributed by atoms with Gasteiger partial charge in [0.15, 0.2) is 10.9 Å². The topological polar surface area (TPSA) is 42.9 Å². The van der Waals surface area contributed by atoms with Crippen LogP contribution < -0.4 is 0 Å². The van der Waals surface area contributed by atoms with Crippen molar-refractivity contribution in [3.63, 3.8) is 0 Å². The summed E-state index contributed by atoms with van der Waals surface area (Å²) in [6.45, 7) is 1.92. The number of nitrogens with zero attached hydrogens (tertiary/aromatic N) is 2. The summed E-state index contributed by atoms with van der Waals surface area (Å²) >= 11 is 7.27. The van der Waals surface area contributed by atoms with Crippen LogP contribution in [-0.2, 0) is 0 Å². The summed E-state index contributed by atoms with van der Waals surface area (Å²) in [4.78, 5) is 20.2. The Kier molecular flexibility index (Phi) is 4.33. The lowest BCUT2D eigenvalue weighted by Crippen LogP contribution is -2.03. The number of benzene rings is 1. The van der Waals surface area contributed by atoms with E-state index in [1.54, 1.807) is 36.7 Å². The lowest BCUT2D eigenvalue weighted by atomic mass is 10.1. The van der Waals surface area contributed by atoms with Crippen molar-refractivity contribution < 1.29 is 4.79 Å². The van der Waals surface area contributed by atoms with E-state index in [-0.39, 0.29) is 11.5 Å². The molecule has 3 nitrogen and oxygen atoms in total. The molecule has 1 aromatic carbocycles. The Labute approximate surface area is 115 Å². The van der Waals surface area contributed by atoms with Crippen LogP contribution in [0, 0.1) is 6.92 Å². The summed E-state index contributed by atoms with van der Waals surface area (Å²) in [5, 5.41) is 1.08. The number of aryl methyl sites for hydroxylation is 1. The Morgan fingerprint density at radius 1 is 1.28 bits per heavy atom. The maximum Gasteiger partial charge on any atom is 0.187 e. The molecule has 0 aliphatic rings. The minimum absolute atomic E-state index is 0.0187. The van der Waals surface area contributed by atoms with Gasteiger partial charge in [-0.05, 0) is 24.6 Å². The average Bonchev–Trinajstić information content (AvgIpc) is 2.38. The Balaban J connectivity index is 2.01. The van der Waals surface area contributed by atoms with Gasteiger partial charge in [-0.3, -0.25) is 4.79 Å². The minimum Gasteiger partial charge on any atom is -0.293 e. The second-order valence-electron chi connectivity index (χ2n) is 3.73. The number of ketones is 1. The zero-order chi connectivity index (χ0) is 13.0. The highest BCUT2D eigenvalue weighted by molar-refractivity contribution is 7.99. The number of hydrogen-bond acceptors (Lipinski definition) is 4. The molecule has 0 bridgehead atoms. The summed E-state index contributed by atoms with van der Waals surface area (Å²) in [6.07, 6.45) is 3.46. The van der Waals surface area contributed by atoms with E-state index in [0.717, 1.165) is 5.56 Å². The molecule has 0 fully saturated rings. The number of halogens is 1. The lowest BCUT2D eigenvalue weighted by molar-refractivity contribution is 0.102. The van der Waals surface area contributed by atoms with Gasteiger partial charge in [0.1, 0.15) is 0 Å². The second kappa shape index (κ2) is 5.98. The molecule has 0 spiro atoms. The van der Waals surface area contributed by atoms with Crippen molar-refractivity contribution in [1.82, 2.24) is 9.97 Å². The molecule has 0 aliphatic heterocycles. The third kappa shape index (κ3) is 3.31. The standard InChI is InChI=1S/C13H11ClN2OS/c1-9-6-15-13(16-7-9)18-8-12(17)10-4-2-3-5-11(10)14/h2-7H,8H2,1H3. The fraction of sp³-hybridized carbons (Fsp3) is 0.154. The highest BCUT2D eigenvalue weighted by atomic mass is 35.5. The molecule has 0 saturated heterocycles. The molecule has 18 heavy (non-hydrogen) atoms. The van der Waals surface area contributed by atoms with Crippen LogP contribution in [0.1, 0.15) is 15.9 Å². The third-order valence-corrected chi connectivity index (χ3v) is 3.47. The van der Waals surface area contributed by atoms with E-state index in [2.05, 4.69) is 9.97 Å². The maximum absolute atomic E-state index is 11.9. The van der Waals surface area contributed by atoms with E-state index in [1.165, 1.54) is 11.8 Å². The summed E-state index contributed by atoms with van der Waals surface area (Å²) in [5.74, 6) is 0.266. The molecular weight excluding hydrogens is 268 g/mol. The van der Waals surface area contributed by atoms with Crippen LogP contribution in [0.5, 0.6) is 0 Å². The van der Waals surface area contributed by atoms with Crippen LogP contribution in [0.3, 0.4) is 0 Å². The van der Waals surface area contributed by atoms with Gasteiger partial charge < -0.3 is 0 Å². The Bertz CT molecular complexity index is 557. The molecule has 0 radical (unpaired) electrons. The monoisotopic (exact) mass is 278 g/mol. The summed E-state index contributed by atoms with van der Waals surface area (Å²) in [7, 11) is 0. The molecular formula is C13H11ClN2OS. The van der Waals surface area contributed by atoms with Crippen molar-refractivity contribution in [2.45, 2.75) is 12.1 Å². The van der Waals surface area contributed by atoms with Crippen LogP contribution >= 0.6 is 23.4 Å². The molecule has 92 valence electrons. The molecule has 2 aromatic rings. The predicted molar refractivity (Wildman–Crippen MR) is 73.3 cm³/mol. The Morgan fingerprint density at radius 3 is 2.61 bits per heavy atom. The summed E-state index contributed by atoms with van der Waals surface area (Å²) in [6, 6.07) is 7.03. The minimum atomic E-state index is -0.0187. The van der Waals surface area contributed by atoms with E-state index in [4.69, 9.17) is 11.6 Å². The quantitative estimate of drug-likeness (QED) is 0.488. The van der Waals surface area contributed by atoms with Crippen molar-refractivity contribution in [1.29, 1.82) is 0 Å². The lowest BCUT2D eigenvalue weighted by Gasteiger charge is -2.02. The van der Waals surface area contributed by atoms with Gasteiger partial charge in [-0.1, -0.05) is 35.5 Å². The van der Waals surface area contributed by atoms with Crippen LogP contribution in [0.25, 0.3) is 0 Å². The van der Waals surface area contributed by atoms with Gasteiger partial charge in [0.25, 0.3) is 0 Å². The molecule has 0 saturated carbocycles. The van der Waals surface area contributed by atoms with Gasteiger partial charge in [0.05, 0.1) is 10.8 Å². The number of thioether (sulfide) groups is 1. The SMILES string of the molecule is Cc1cnc(SCC(=O)c2ccccc2Cl)nc1. The Morgan fingerprint density at radius 2 is 1.94 bits per heavy atom. The van der Waals surface area contributed by atoms with Crippen molar-refractivity contribution in [3.05, 3.63) is 52.8 Å². The molecule has 0 N–H and O–H groups in total. The molecule has 1 heterocycles. The van der Waals surface area contributed by atoms with Gasteiger partial charge in [-0.15, -0.1) is 0 Å². The van der Waals surface area contributed by atoms with Crippen LogP contribution in [0.4, 0.5) is 0 Å². The molecule has 0 unspecified atom stereocenters. The first-order valence-corrected chi connectivity index (χ1v) is 6.72. The van der Waals surface area contributed by atoms with Gasteiger partial charge in [-0.25, -0.2) is 9.97 Å². The first kappa shape index (κ1) is 13.1. The summed E-state index contributed by atoms with van der Waals surface area (Å²) in [5.41, 5.74) is 1.54. The molecule has 5 heteroatoms. The molecule has 0 amide bonds. The summed E-state index contributed by atoms with van der Waals surface area (Å²) < 4.78 is 0. The van der Waals surface area contributed by atoms with E-state index < -0.39 is 0 Å². The number of carbonyl (C=O) groups is 1. The Hall–Kier alpha value is -1.39. The number of carbonyl (C=O) groups excluding carboxylic acids is 1. The van der Waals surface area contributed by atoms with Crippen LogP contribution in [0.15, 0.2) is 41.8 Å². The number of Topliss-reactive ketones (excluding diaryl/α,β-unsaturated/α-hetero) is 1. The van der Waals surface area contributed by atoms with Crippen molar-refractivity contribution in [3.8, 4) is 0 Å². The maximum atomic E-state index is 11.9. The zero-order valence-electron chi connectivity index (χ0n) is 9.76. The highest BCUT2D eigenvalue weighted by Gasteiger charge is 2.10. The second-order valence-corrected chi connectivity index (χ2v) is 5.08. The third-order valence-electron chi connectivity index (χ3n) is 2.26. The van der Waals surface area contributed by atoms with Crippen molar-refractivity contribution in [2.24, 2.45) is 0 Å². The van der Waals surface area contributed by atoms with E-state index in [9.17, 15) is 4.79 Å². The van der Waals surface area contributed by atoms with Gasteiger partial charge >= 0.3 is 0 Å². The first-order valence-electron chi connectivity index (χ1n) is 5.36. The van der Waals surface area contributed by atoms with Gasteiger partial charge in [0.2, 0.25) is 0 Å². The molecule has 0 aliphatic carbocycles. The van der Waals surface area contributed by atoms with E-state index in [0.29, 0.717) is 15.7 Å². The first-order chi connectivity index (χ1) is 8.66. The van der Waals surface area contributed by atoms with E-state index in [1.807, 2.05) is 6.92 Å². The fourth-order valence-electron chi connectivity index (χ4n) is 1.35. The van der Waals surface area contributed by atoms with Crippen molar-refractivity contribution in [2.75, 3.05) is 5.75 Å². The van der Waals surface area contributed by atoms with Gasteiger partial charge in [-0.2, -0.15) is 0 Å².